The molecule has 1 aromatic heterocycles. The van der Waals surface area contributed by atoms with Gasteiger partial charge in [-0.15, -0.1) is 10.2 Å². The minimum atomic E-state index is -3.51. The second-order valence-electron chi connectivity index (χ2n) is 7.05. The average molecular weight is 451 g/mol. The number of amides is 1. The Balaban J connectivity index is 1.43. The van der Waals surface area contributed by atoms with Gasteiger partial charge in [-0.2, -0.15) is 4.80 Å². The minimum Gasteiger partial charge on any atom is -0.494 e. The van der Waals surface area contributed by atoms with E-state index in [1.807, 2.05) is 31.2 Å². The third-order valence-corrected chi connectivity index (χ3v) is 6.47. The van der Waals surface area contributed by atoms with Gasteiger partial charge < -0.3 is 10.1 Å². The van der Waals surface area contributed by atoms with E-state index in [1.54, 1.807) is 36.4 Å². The summed E-state index contributed by atoms with van der Waals surface area (Å²) in [6.07, 6.45) is -0.145. The topological polar surface area (TPSA) is 103 Å². The van der Waals surface area contributed by atoms with Gasteiger partial charge in [0, 0.05) is 12.1 Å². The number of rotatable bonds is 8. The van der Waals surface area contributed by atoms with Crippen molar-refractivity contribution >= 4 is 32.5 Å². The Kier molecular flexibility index (Phi) is 6.18. The zero-order chi connectivity index (χ0) is 22.6. The number of carbonyl (C=O) groups excluding carboxylic acids is 1. The van der Waals surface area contributed by atoms with Crippen LogP contribution in [0.1, 0.15) is 13.3 Å². The molecule has 1 amide bonds. The predicted octanol–water partition coefficient (Wildman–Crippen LogP) is 3.62. The van der Waals surface area contributed by atoms with E-state index in [4.69, 9.17) is 4.74 Å². The number of sulfone groups is 1. The molecule has 32 heavy (non-hydrogen) atoms. The van der Waals surface area contributed by atoms with Crippen molar-refractivity contribution in [1.29, 1.82) is 0 Å². The second-order valence-corrected chi connectivity index (χ2v) is 9.16. The number of benzene rings is 3. The summed E-state index contributed by atoms with van der Waals surface area (Å²) in [6.45, 7) is 2.52. The van der Waals surface area contributed by atoms with E-state index in [9.17, 15) is 13.2 Å². The molecular formula is C23H22N4O4S. The van der Waals surface area contributed by atoms with Crippen LogP contribution in [0.5, 0.6) is 5.75 Å². The van der Waals surface area contributed by atoms with Gasteiger partial charge >= 0.3 is 0 Å². The Labute approximate surface area is 185 Å². The SMILES string of the molecule is CCOc1ccc(-n2nc3ccc(NC(=O)CCS(=O)(=O)c4ccccc4)cc3n2)cc1. The summed E-state index contributed by atoms with van der Waals surface area (Å²) in [5.74, 6) is 0.119. The summed E-state index contributed by atoms with van der Waals surface area (Å²) in [6, 6.07) is 20.7. The lowest BCUT2D eigenvalue weighted by atomic mass is 10.2. The molecule has 1 heterocycles. The van der Waals surface area contributed by atoms with Gasteiger partial charge in [0.2, 0.25) is 5.91 Å². The van der Waals surface area contributed by atoms with Gasteiger partial charge in [0.1, 0.15) is 16.8 Å². The summed E-state index contributed by atoms with van der Waals surface area (Å²) in [7, 11) is -3.51. The normalized spacial score (nSPS) is 11.4. The maximum atomic E-state index is 12.3. The van der Waals surface area contributed by atoms with Crippen LogP contribution in [0.3, 0.4) is 0 Å². The highest BCUT2D eigenvalue weighted by atomic mass is 32.2. The van der Waals surface area contributed by atoms with E-state index in [0.717, 1.165) is 11.4 Å². The first kappa shape index (κ1) is 21.5. The van der Waals surface area contributed by atoms with Crippen LogP contribution in [-0.4, -0.2) is 41.7 Å². The summed E-state index contributed by atoms with van der Waals surface area (Å²) in [4.78, 5) is 14.0. The second kappa shape index (κ2) is 9.19. The lowest BCUT2D eigenvalue weighted by Crippen LogP contribution is -2.17. The molecule has 0 aliphatic heterocycles. The molecule has 0 spiro atoms. The summed E-state index contributed by atoms with van der Waals surface area (Å²) < 4.78 is 30.1. The zero-order valence-corrected chi connectivity index (χ0v) is 18.2. The minimum absolute atomic E-state index is 0.145. The number of anilines is 1. The first-order valence-electron chi connectivity index (χ1n) is 10.1. The van der Waals surface area contributed by atoms with Crippen LogP contribution in [0, 0.1) is 0 Å². The van der Waals surface area contributed by atoms with Crippen molar-refractivity contribution in [2.75, 3.05) is 17.7 Å². The number of fused-ring (bicyclic) bond motifs is 1. The molecule has 1 N–H and O–H groups in total. The highest BCUT2D eigenvalue weighted by Gasteiger charge is 2.16. The van der Waals surface area contributed by atoms with Crippen LogP contribution in [-0.2, 0) is 14.6 Å². The Bertz CT molecular complexity index is 1330. The number of ether oxygens (including phenoxy) is 1. The van der Waals surface area contributed by atoms with E-state index in [-0.39, 0.29) is 23.0 Å². The Morgan fingerprint density at radius 1 is 0.969 bits per heavy atom. The summed E-state index contributed by atoms with van der Waals surface area (Å²) in [5, 5.41) is 11.7. The molecule has 0 saturated carbocycles. The van der Waals surface area contributed by atoms with Crippen LogP contribution < -0.4 is 10.1 Å². The quantitative estimate of drug-likeness (QED) is 0.440. The van der Waals surface area contributed by atoms with Gasteiger partial charge in [-0.3, -0.25) is 4.79 Å². The third kappa shape index (κ3) is 4.94. The lowest BCUT2D eigenvalue weighted by Gasteiger charge is -2.06. The van der Waals surface area contributed by atoms with Crippen molar-refractivity contribution in [2.24, 2.45) is 0 Å². The number of carbonyl (C=O) groups is 1. The molecule has 0 aliphatic rings. The van der Waals surface area contributed by atoms with Gasteiger partial charge in [-0.1, -0.05) is 18.2 Å². The van der Waals surface area contributed by atoms with Crippen molar-refractivity contribution in [2.45, 2.75) is 18.2 Å². The van der Waals surface area contributed by atoms with Gasteiger partial charge in [-0.05, 0) is 61.5 Å². The Morgan fingerprint density at radius 2 is 1.69 bits per heavy atom. The molecule has 0 saturated heterocycles. The molecule has 0 aliphatic carbocycles. The summed E-state index contributed by atoms with van der Waals surface area (Å²) in [5.41, 5.74) is 2.58. The largest absolute Gasteiger partial charge is 0.494 e. The molecule has 0 unspecified atom stereocenters. The monoisotopic (exact) mass is 450 g/mol. The van der Waals surface area contributed by atoms with Gasteiger partial charge in [0.25, 0.3) is 0 Å². The summed E-state index contributed by atoms with van der Waals surface area (Å²) >= 11 is 0. The van der Waals surface area contributed by atoms with Crippen LogP contribution in [0.4, 0.5) is 5.69 Å². The molecule has 3 aromatic carbocycles. The fraction of sp³-hybridized carbons (Fsp3) is 0.174. The molecule has 0 fully saturated rings. The molecule has 0 radical (unpaired) electrons. The van der Waals surface area contributed by atoms with Crippen molar-refractivity contribution in [3.63, 3.8) is 0 Å². The van der Waals surface area contributed by atoms with Gasteiger partial charge in [0.15, 0.2) is 9.84 Å². The molecule has 164 valence electrons. The number of nitrogens with zero attached hydrogens (tertiary/aromatic N) is 3. The fourth-order valence-electron chi connectivity index (χ4n) is 3.15. The third-order valence-electron chi connectivity index (χ3n) is 4.74. The molecule has 8 nitrogen and oxygen atoms in total. The number of hydrogen-bond donors (Lipinski definition) is 1. The molecule has 0 atom stereocenters. The molecule has 0 bridgehead atoms. The van der Waals surface area contributed by atoms with Crippen molar-refractivity contribution in [3.05, 3.63) is 72.8 Å². The van der Waals surface area contributed by atoms with Crippen LogP contribution in [0.15, 0.2) is 77.7 Å². The average Bonchev–Trinajstić information content (AvgIpc) is 3.23. The highest BCUT2D eigenvalue weighted by Crippen LogP contribution is 2.20. The lowest BCUT2D eigenvalue weighted by molar-refractivity contribution is -0.115. The van der Waals surface area contributed by atoms with E-state index in [1.165, 1.54) is 16.9 Å². The van der Waals surface area contributed by atoms with E-state index >= 15 is 0 Å². The van der Waals surface area contributed by atoms with E-state index in [0.29, 0.717) is 23.3 Å². The maximum absolute atomic E-state index is 12.3. The van der Waals surface area contributed by atoms with Crippen molar-refractivity contribution in [3.8, 4) is 11.4 Å². The number of aromatic nitrogens is 3. The van der Waals surface area contributed by atoms with Crippen molar-refractivity contribution in [1.82, 2.24) is 15.0 Å². The standard InChI is InChI=1S/C23H22N4O4S/c1-2-31-19-11-9-18(10-12-19)27-25-21-13-8-17(16-22(21)26-27)24-23(28)14-15-32(29,30)20-6-4-3-5-7-20/h3-13,16H,2,14-15H2,1H3,(H,24,28). The van der Waals surface area contributed by atoms with Crippen LogP contribution >= 0.6 is 0 Å². The molecule has 9 heteroatoms. The van der Waals surface area contributed by atoms with Crippen molar-refractivity contribution < 1.29 is 17.9 Å². The van der Waals surface area contributed by atoms with Crippen LogP contribution in [0.25, 0.3) is 16.7 Å². The Morgan fingerprint density at radius 3 is 2.41 bits per heavy atom. The first-order valence-corrected chi connectivity index (χ1v) is 11.8. The first-order chi connectivity index (χ1) is 15.4. The van der Waals surface area contributed by atoms with E-state index in [2.05, 4.69) is 15.5 Å². The number of hydrogen-bond acceptors (Lipinski definition) is 6. The number of nitrogens with one attached hydrogen (secondary N) is 1. The molecule has 4 rings (SSSR count). The fourth-order valence-corrected chi connectivity index (χ4v) is 4.41. The molecule has 4 aromatic rings. The van der Waals surface area contributed by atoms with Gasteiger partial charge in [0.05, 0.1) is 22.9 Å². The van der Waals surface area contributed by atoms with E-state index < -0.39 is 9.84 Å². The molecular weight excluding hydrogens is 428 g/mol. The smallest absolute Gasteiger partial charge is 0.225 e. The Hall–Kier alpha value is -3.72. The predicted molar refractivity (Wildman–Crippen MR) is 122 cm³/mol. The van der Waals surface area contributed by atoms with Crippen LogP contribution in [0.2, 0.25) is 0 Å². The zero-order valence-electron chi connectivity index (χ0n) is 17.4. The maximum Gasteiger partial charge on any atom is 0.225 e. The highest BCUT2D eigenvalue weighted by molar-refractivity contribution is 7.91. The van der Waals surface area contributed by atoms with Gasteiger partial charge in [-0.25, -0.2) is 8.42 Å².